The Morgan fingerprint density at radius 3 is 2.42 bits per heavy atom. The minimum Gasteiger partial charge on any atom is -0.405 e. The van der Waals surface area contributed by atoms with E-state index in [-0.39, 0.29) is 5.56 Å². The molecular formula is C12H8ClF3O2S. The summed E-state index contributed by atoms with van der Waals surface area (Å²) >= 11 is 6.83. The molecule has 0 saturated carbocycles. The predicted octanol–water partition coefficient (Wildman–Crippen LogP) is 4.38. The number of ether oxygens (including phenoxy) is 1. The highest BCUT2D eigenvalue weighted by atomic mass is 35.5. The van der Waals surface area contributed by atoms with Crippen LogP contribution < -0.4 is 4.74 Å². The first kappa shape index (κ1) is 14.2. The summed E-state index contributed by atoms with van der Waals surface area (Å²) in [6, 6.07) is 8.58. The van der Waals surface area contributed by atoms with Gasteiger partial charge in [-0.2, -0.15) is 0 Å². The number of aliphatic hydroxyl groups excluding tert-OH is 1. The van der Waals surface area contributed by atoms with Gasteiger partial charge in [-0.15, -0.1) is 24.5 Å². The molecule has 0 aliphatic carbocycles. The van der Waals surface area contributed by atoms with Crippen molar-refractivity contribution in [1.29, 1.82) is 0 Å². The first-order valence-electron chi connectivity index (χ1n) is 5.15. The van der Waals surface area contributed by atoms with Gasteiger partial charge in [0.1, 0.15) is 11.9 Å². The second-order valence-electron chi connectivity index (χ2n) is 3.63. The van der Waals surface area contributed by atoms with Gasteiger partial charge >= 0.3 is 6.36 Å². The quantitative estimate of drug-likeness (QED) is 0.911. The van der Waals surface area contributed by atoms with E-state index in [2.05, 4.69) is 4.74 Å². The Balaban J connectivity index is 2.34. The van der Waals surface area contributed by atoms with E-state index in [0.717, 1.165) is 17.4 Å². The molecule has 1 N–H and O–H groups in total. The Kier molecular flexibility index (Phi) is 4.03. The van der Waals surface area contributed by atoms with E-state index in [1.807, 2.05) is 0 Å². The van der Waals surface area contributed by atoms with Gasteiger partial charge < -0.3 is 9.84 Å². The van der Waals surface area contributed by atoms with E-state index in [9.17, 15) is 18.3 Å². The molecule has 7 heteroatoms. The highest BCUT2D eigenvalue weighted by Crippen LogP contribution is 2.36. The van der Waals surface area contributed by atoms with Crippen LogP contribution in [-0.2, 0) is 0 Å². The third-order valence-corrected chi connectivity index (χ3v) is 3.59. The Bertz CT molecular complexity index is 568. The molecule has 102 valence electrons. The lowest BCUT2D eigenvalue weighted by atomic mass is 10.1. The van der Waals surface area contributed by atoms with Crippen LogP contribution in [0.4, 0.5) is 13.2 Å². The lowest BCUT2D eigenvalue weighted by Crippen LogP contribution is -2.18. The van der Waals surface area contributed by atoms with E-state index >= 15 is 0 Å². The van der Waals surface area contributed by atoms with E-state index < -0.39 is 18.2 Å². The fourth-order valence-corrected chi connectivity index (χ4v) is 2.62. The van der Waals surface area contributed by atoms with Crippen molar-refractivity contribution in [1.82, 2.24) is 0 Å². The Labute approximate surface area is 116 Å². The molecule has 0 spiro atoms. The summed E-state index contributed by atoms with van der Waals surface area (Å²) in [5.74, 6) is -0.424. The van der Waals surface area contributed by atoms with Gasteiger partial charge in [-0.25, -0.2) is 0 Å². The van der Waals surface area contributed by atoms with Crippen molar-refractivity contribution < 1.29 is 23.0 Å². The maximum atomic E-state index is 12.3. The highest BCUT2D eigenvalue weighted by Gasteiger charge is 2.33. The molecule has 1 aromatic heterocycles. The smallest absolute Gasteiger partial charge is 0.405 e. The van der Waals surface area contributed by atoms with Crippen LogP contribution in [0.15, 0.2) is 36.4 Å². The number of thiophene rings is 1. The number of benzene rings is 1. The summed E-state index contributed by atoms with van der Waals surface area (Å²) in [5.41, 5.74) is 0.0401. The number of alkyl halides is 3. The Morgan fingerprint density at radius 1 is 1.16 bits per heavy atom. The van der Waals surface area contributed by atoms with Crippen LogP contribution in [0.2, 0.25) is 4.34 Å². The van der Waals surface area contributed by atoms with Crippen LogP contribution in [0.3, 0.4) is 0 Å². The van der Waals surface area contributed by atoms with Crippen molar-refractivity contribution in [2.75, 3.05) is 0 Å². The average Bonchev–Trinajstić information content (AvgIpc) is 2.74. The fraction of sp³-hybridized carbons (Fsp3) is 0.167. The number of halogens is 4. The summed E-state index contributed by atoms with van der Waals surface area (Å²) in [6.07, 6.45) is -6.01. The predicted molar refractivity (Wildman–Crippen MR) is 66.5 cm³/mol. The van der Waals surface area contributed by atoms with Crippen molar-refractivity contribution in [3.05, 3.63) is 51.2 Å². The van der Waals surface area contributed by atoms with E-state index in [4.69, 9.17) is 11.6 Å². The highest BCUT2D eigenvalue weighted by molar-refractivity contribution is 7.16. The van der Waals surface area contributed by atoms with Crippen molar-refractivity contribution in [2.45, 2.75) is 12.5 Å². The fourth-order valence-electron chi connectivity index (χ4n) is 1.55. The van der Waals surface area contributed by atoms with E-state index in [0.29, 0.717) is 9.21 Å². The monoisotopic (exact) mass is 308 g/mol. The molecule has 0 fully saturated rings. The SMILES string of the molecule is OC(c1ccc(Cl)s1)c1ccccc1OC(F)(F)F. The molecule has 2 aromatic rings. The first-order chi connectivity index (χ1) is 8.87. The van der Waals surface area contributed by atoms with Crippen LogP contribution >= 0.6 is 22.9 Å². The average molecular weight is 309 g/mol. The molecule has 0 radical (unpaired) electrons. The second kappa shape index (κ2) is 5.40. The van der Waals surface area contributed by atoms with Crippen LogP contribution in [0.25, 0.3) is 0 Å². The molecule has 0 amide bonds. The maximum absolute atomic E-state index is 12.3. The second-order valence-corrected chi connectivity index (χ2v) is 5.38. The van der Waals surface area contributed by atoms with Gasteiger partial charge in [0.05, 0.1) is 4.34 Å². The lowest BCUT2D eigenvalue weighted by molar-refractivity contribution is -0.275. The molecule has 0 aliphatic heterocycles. The molecule has 1 aromatic carbocycles. The Morgan fingerprint density at radius 2 is 1.84 bits per heavy atom. The number of hydrogen-bond acceptors (Lipinski definition) is 3. The number of aliphatic hydroxyl groups is 1. The molecule has 2 nitrogen and oxygen atoms in total. The third-order valence-electron chi connectivity index (χ3n) is 2.30. The first-order valence-corrected chi connectivity index (χ1v) is 6.34. The number of para-hydroxylation sites is 1. The van der Waals surface area contributed by atoms with Gasteiger partial charge in [-0.3, -0.25) is 0 Å². The Hall–Kier alpha value is -1.24. The summed E-state index contributed by atoms with van der Waals surface area (Å²) in [7, 11) is 0. The topological polar surface area (TPSA) is 29.5 Å². The molecule has 0 bridgehead atoms. The normalized spacial score (nSPS) is 13.3. The van der Waals surface area contributed by atoms with E-state index in [1.54, 1.807) is 12.1 Å². The van der Waals surface area contributed by atoms with Crippen LogP contribution in [0.5, 0.6) is 5.75 Å². The minimum atomic E-state index is -4.80. The zero-order valence-corrected chi connectivity index (χ0v) is 10.9. The molecule has 2 rings (SSSR count). The van der Waals surface area contributed by atoms with Gasteiger partial charge in [-0.05, 0) is 18.2 Å². The molecule has 1 atom stereocenters. The van der Waals surface area contributed by atoms with Gasteiger partial charge in [0.2, 0.25) is 0 Å². The summed E-state index contributed by atoms with van der Waals surface area (Å²) in [4.78, 5) is 0.447. The minimum absolute atomic E-state index is 0.0401. The molecule has 19 heavy (non-hydrogen) atoms. The summed E-state index contributed by atoms with van der Waals surface area (Å²) in [5, 5.41) is 10.1. The summed E-state index contributed by atoms with van der Waals surface area (Å²) in [6.45, 7) is 0. The molecule has 0 aliphatic rings. The number of rotatable bonds is 3. The molecule has 1 heterocycles. The van der Waals surface area contributed by atoms with Crippen molar-refractivity contribution in [2.24, 2.45) is 0 Å². The molecule has 0 saturated heterocycles. The summed E-state index contributed by atoms with van der Waals surface area (Å²) < 4.78 is 41.1. The van der Waals surface area contributed by atoms with Crippen LogP contribution in [0.1, 0.15) is 16.5 Å². The van der Waals surface area contributed by atoms with Gasteiger partial charge in [-0.1, -0.05) is 29.8 Å². The van der Waals surface area contributed by atoms with Crippen molar-refractivity contribution in [3.63, 3.8) is 0 Å². The van der Waals surface area contributed by atoms with Crippen molar-refractivity contribution >= 4 is 22.9 Å². The zero-order valence-electron chi connectivity index (χ0n) is 9.32. The zero-order chi connectivity index (χ0) is 14.0. The largest absolute Gasteiger partial charge is 0.573 e. The molecular weight excluding hydrogens is 301 g/mol. The van der Waals surface area contributed by atoms with Gasteiger partial charge in [0, 0.05) is 10.4 Å². The standard InChI is InChI=1S/C12H8ClF3O2S/c13-10-6-5-9(19-10)11(17)7-3-1-2-4-8(7)18-12(14,15)16/h1-6,11,17H. The maximum Gasteiger partial charge on any atom is 0.573 e. The third kappa shape index (κ3) is 3.62. The molecule has 1 unspecified atom stereocenters. The van der Waals surface area contributed by atoms with Crippen molar-refractivity contribution in [3.8, 4) is 5.75 Å². The van der Waals surface area contributed by atoms with E-state index in [1.165, 1.54) is 18.2 Å². The van der Waals surface area contributed by atoms with Gasteiger partial charge in [0.15, 0.2) is 0 Å². The lowest BCUT2D eigenvalue weighted by Gasteiger charge is -2.16. The van der Waals surface area contributed by atoms with Gasteiger partial charge in [0.25, 0.3) is 0 Å². The van der Waals surface area contributed by atoms with Crippen LogP contribution in [-0.4, -0.2) is 11.5 Å². The van der Waals surface area contributed by atoms with Crippen LogP contribution in [0, 0.1) is 0 Å². The number of hydrogen-bond donors (Lipinski definition) is 1.